The van der Waals surface area contributed by atoms with Crippen molar-refractivity contribution in [2.75, 3.05) is 14.0 Å². The van der Waals surface area contributed by atoms with Gasteiger partial charge in [-0.3, -0.25) is 19.3 Å². The van der Waals surface area contributed by atoms with Crippen LogP contribution < -0.4 is 5.32 Å². The van der Waals surface area contributed by atoms with Crippen molar-refractivity contribution in [3.8, 4) is 0 Å². The van der Waals surface area contributed by atoms with Gasteiger partial charge >= 0.3 is 5.97 Å². The van der Waals surface area contributed by atoms with Crippen LogP contribution in [0.3, 0.4) is 0 Å². The second-order valence-electron chi connectivity index (χ2n) is 5.51. The highest BCUT2D eigenvalue weighted by molar-refractivity contribution is 6.02. The molecule has 0 bridgehead atoms. The Morgan fingerprint density at radius 1 is 1.27 bits per heavy atom. The number of nitrogens with one attached hydrogen (secondary N) is 1. The van der Waals surface area contributed by atoms with E-state index in [0.717, 1.165) is 4.90 Å². The zero-order valence-electron chi connectivity index (χ0n) is 16.1. The van der Waals surface area contributed by atoms with E-state index in [4.69, 9.17) is 8.95 Å². The molecule has 0 aromatic carbocycles. The Bertz CT molecular complexity index is 548. The van der Waals surface area contributed by atoms with Crippen LogP contribution in [0.15, 0.2) is 0 Å². The van der Waals surface area contributed by atoms with Crippen molar-refractivity contribution in [1.29, 1.82) is 0 Å². The Labute approximate surface area is 133 Å². The number of amides is 3. The highest BCUT2D eigenvalue weighted by atomic mass is 16.7. The van der Waals surface area contributed by atoms with Crippen molar-refractivity contribution in [1.82, 2.24) is 15.3 Å². The highest BCUT2D eigenvalue weighted by Gasteiger charge is 2.36. The van der Waals surface area contributed by atoms with Crippen molar-refractivity contribution in [3.05, 3.63) is 0 Å². The highest BCUT2D eigenvalue weighted by Crippen LogP contribution is 2.14. The SMILES string of the molecule is [2H]C([2H])([2H])[15N](C)C(C)[13C](=O)NC(C(=O)ON1C(=O)CCC1=O)C(C)C. The molecule has 1 saturated heterocycles. The van der Waals surface area contributed by atoms with E-state index in [0.29, 0.717) is 5.06 Å². The number of hydrogen-bond donors (Lipinski definition) is 1. The molecule has 8 nitrogen and oxygen atoms in total. The van der Waals surface area contributed by atoms with Gasteiger partial charge in [-0.05, 0) is 26.9 Å². The molecule has 3 amide bonds. The maximum Gasteiger partial charge on any atom is 0.355 e. The first kappa shape index (κ1) is 13.7. The Morgan fingerprint density at radius 2 is 1.82 bits per heavy atom. The first-order valence-electron chi connectivity index (χ1n) is 8.47. The van der Waals surface area contributed by atoms with E-state index in [-0.39, 0.29) is 12.8 Å². The minimum atomic E-state index is -2.47. The van der Waals surface area contributed by atoms with E-state index in [1.807, 2.05) is 0 Å². The van der Waals surface area contributed by atoms with Crippen LogP contribution in [-0.2, 0) is 24.0 Å². The molecule has 0 aromatic heterocycles. The van der Waals surface area contributed by atoms with E-state index in [1.165, 1.54) is 14.0 Å². The van der Waals surface area contributed by atoms with Gasteiger partial charge in [-0.25, -0.2) is 4.79 Å². The van der Waals surface area contributed by atoms with Crippen LogP contribution >= 0.6 is 0 Å². The molecule has 22 heavy (non-hydrogen) atoms. The zero-order valence-corrected chi connectivity index (χ0v) is 13.1. The summed E-state index contributed by atoms with van der Waals surface area (Å²) in [7, 11) is 1.27. The molecular weight excluding hydrogens is 292 g/mol. The lowest BCUT2D eigenvalue weighted by atomic mass is 10.1. The van der Waals surface area contributed by atoms with Gasteiger partial charge < -0.3 is 10.2 Å². The van der Waals surface area contributed by atoms with Crippen molar-refractivity contribution in [2.24, 2.45) is 5.92 Å². The lowest BCUT2D eigenvalue weighted by molar-refractivity contribution is -0.199. The monoisotopic (exact) mass is 318 g/mol. The minimum absolute atomic E-state index is 0.0365. The van der Waals surface area contributed by atoms with Crippen molar-refractivity contribution < 1.29 is 28.1 Å². The van der Waals surface area contributed by atoms with E-state index in [1.54, 1.807) is 13.8 Å². The van der Waals surface area contributed by atoms with Crippen molar-refractivity contribution in [3.63, 3.8) is 0 Å². The maximum absolute atomic E-state index is 12.3. The van der Waals surface area contributed by atoms with Gasteiger partial charge in [-0.1, -0.05) is 13.8 Å². The van der Waals surface area contributed by atoms with Gasteiger partial charge in [0.1, 0.15) is 6.04 Å². The van der Waals surface area contributed by atoms with Gasteiger partial charge in [-0.15, -0.1) is 5.06 Å². The first-order valence-corrected chi connectivity index (χ1v) is 6.97. The number of carbonyl (C=O) groups excluding carboxylic acids is 4. The summed E-state index contributed by atoms with van der Waals surface area (Å²) in [5.74, 6) is -3.30. The molecule has 0 spiro atoms. The van der Waals surface area contributed by atoms with E-state index >= 15 is 0 Å². The molecule has 2 unspecified atom stereocenters. The number of carbonyl (C=O) groups is 4. The summed E-state index contributed by atoms with van der Waals surface area (Å²) in [4.78, 5) is 53.2. The summed E-state index contributed by atoms with van der Waals surface area (Å²) in [6, 6.07) is -2.17. The number of rotatable bonds is 6. The Morgan fingerprint density at radius 3 is 2.27 bits per heavy atom. The predicted molar refractivity (Wildman–Crippen MR) is 77.1 cm³/mol. The van der Waals surface area contributed by atoms with Gasteiger partial charge in [0.25, 0.3) is 11.8 Å². The smallest absolute Gasteiger partial charge is 0.341 e. The summed E-state index contributed by atoms with van der Waals surface area (Å²) < 4.78 is 21.9. The molecule has 1 fully saturated rings. The van der Waals surface area contributed by atoms with E-state index in [2.05, 4.69) is 5.32 Å². The van der Waals surface area contributed by atoms with Crippen LogP contribution in [0.5, 0.6) is 0 Å². The summed E-state index contributed by atoms with van der Waals surface area (Å²) >= 11 is 0. The topological polar surface area (TPSA) is 96.0 Å². The average molecular weight is 318 g/mol. The molecule has 0 radical (unpaired) electrons. The Hall–Kier alpha value is -1.96. The van der Waals surface area contributed by atoms with E-state index in [9.17, 15) is 19.2 Å². The van der Waals surface area contributed by atoms with Gasteiger partial charge in [0, 0.05) is 17.0 Å². The standard InChI is InChI=1S/C14H23N3O5/c1-8(2)12(15-13(20)9(3)16(4)5)14(21)22-17-10(18)6-7-11(17)19/h8-9,12H,6-7H2,1-5H3,(H,15,20)/i4D3,13+1,16+1. The van der Waals surface area contributed by atoms with Crippen molar-refractivity contribution in [2.45, 2.75) is 45.7 Å². The average Bonchev–Trinajstić information content (AvgIpc) is 2.81. The molecule has 124 valence electrons. The zero-order chi connectivity index (χ0) is 19.5. The lowest BCUT2D eigenvalue weighted by Gasteiger charge is -2.26. The molecule has 0 saturated carbocycles. The van der Waals surface area contributed by atoms with Gasteiger partial charge in [0.05, 0.1) is 6.04 Å². The molecule has 1 heterocycles. The van der Waals surface area contributed by atoms with Crippen LogP contribution in [0, 0.1) is 5.92 Å². The van der Waals surface area contributed by atoms with E-state index < -0.39 is 48.7 Å². The number of imide groups is 1. The Balaban J connectivity index is 2.79. The largest absolute Gasteiger partial charge is 0.355 e. The summed E-state index contributed by atoms with van der Waals surface area (Å²) in [5, 5.41) is 2.82. The number of nitrogens with zero attached hydrogens (tertiary/aromatic N) is 2. The summed E-state index contributed by atoms with van der Waals surface area (Å²) in [6.45, 7) is 2.19. The third-order valence-electron chi connectivity index (χ3n) is 3.37. The molecule has 0 aromatic rings. The quantitative estimate of drug-likeness (QED) is 0.410. The molecule has 1 rings (SSSR count). The molecule has 1 aliphatic rings. The molecular formula is C14H23N3O5. The van der Waals surface area contributed by atoms with Crippen LogP contribution in [0.25, 0.3) is 0 Å². The first-order chi connectivity index (χ1) is 11.4. The van der Waals surface area contributed by atoms with Gasteiger partial charge in [0.15, 0.2) is 0 Å². The van der Waals surface area contributed by atoms with Crippen molar-refractivity contribution >= 4 is 23.7 Å². The molecule has 1 aliphatic heterocycles. The van der Waals surface area contributed by atoms with Crippen LogP contribution in [-0.4, -0.2) is 59.8 Å². The Kier molecular flexibility index (Phi) is 4.57. The predicted octanol–water partition coefficient (Wildman–Crippen LogP) is -0.315. The van der Waals surface area contributed by atoms with Gasteiger partial charge in [0.2, 0.25) is 5.91 Å². The fourth-order valence-electron chi connectivity index (χ4n) is 1.75. The number of hydroxylamine groups is 2. The number of likely N-dealkylation sites (N-methyl/N-ethyl adjacent to an activating group) is 1. The molecule has 0 aliphatic carbocycles. The normalized spacial score (nSPS) is 20.5. The third-order valence-corrected chi connectivity index (χ3v) is 3.37. The molecule has 2 atom stereocenters. The second kappa shape index (κ2) is 7.35. The van der Waals surface area contributed by atoms with Crippen LogP contribution in [0.1, 0.15) is 37.7 Å². The fraction of sp³-hybridized carbons (Fsp3) is 0.714. The lowest BCUT2D eigenvalue weighted by Crippen LogP contribution is -2.52. The molecule has 8 heteroatoms. The maximum atomic E-state index is 12.3. The van der Waals surface area contributed by atoms with Crippen LogP contribution in [0.4, 0.5) is 0 Å². The minimum Gasteiger partial charge on any atom is -0.341 e. The fourth-order valence-corrected chi connectivity index (χ4v) is 1.75. The molecule has 1 N–H and O–H groups in total. The van der Waals surface area contributed by atoms with Crippen LogP contribution in [0.2, 0.25) is 0 Å². The number of hydrogen-bond acceptors (Lipinski definition) is 6. The second-order valence-corrected chi connectivity index (χ2v) is 5.51. The van der Waals surface area contributed by atoms with Gasteiger partial charge in [-0.2, -0.15) is 0 Å². The third kappa shape index (κ3) is 4.27. The summed E-state index contributed by atoms with van der Waals surface area (Å²) in [5.41, 5.74) is 0. The summed E-state index contributed by atoms with van der Waals surface area (Å²) in [6.07, 6.45) is -0.0730.